The zero-order valence-electron chi connectivity index (χ0n) is 17.3. The average molecular weight is 421 g/mol. The van der Waals surface area contributed by atoms with Gasteiger partial charge in [0, 0.05) is 12.2 Å². The van der Waals surface area contributed by atoms with Crippen molar-refractivity contribution in [2.24, 2.45) is 5.92 Å². The third kappa shape index (κ3) is 5.08. The van der Waals surface area contributed by atoms with Gasteiger partial charge in [-0.1, -0.05) is 37.7 Å². The number of benzene rings is 2. The van der Waals surface area contributed by atoms with E-state index in [4.69, 9.17) is 5.26 Å². The van der Waals surface area contributed by atoms with E-state index >= 15 is 0 Å². The molecule has 0 saturated heterocycles. The number of fused-ring (bicyclic) bond motifs is 1. The third-order valence-electron chi connectivity index (χ3n) is 4.69. The van der Waals surface area contributed by atoms with Gasteiger partial charge in [-0.15, -0.1) is 0 Å². The molecule has 30 heavy (non-hydrogen) atoms. The first-order chi connectivity index (χ1) is 14.4. The van der Waals surface area contributed by atoms with E-state index in [1.807, 2.05) is 18.2 Å². The Hall–Kier alpha value is -3.11. The summed E-state index contributed by atoms with van der Waals surface area (Å²) in [5.74, 6) is 0.251. The fourth-order valence-electron chi connectivity index (χ4n) is 2.91. The van der Waals surface area contributed by atoms with Crippen molar-refractivity contribution in [3.63, 3.8) is 0 Å². The van der Waals surface area contributed by atoms with E-state index in [1.165, 1.54) is 11.8 Å². The molecule has 1 aromatic heterocycles. The lowest BCUT2D eigenvalue weighted by atomic mass is 10.1. The normalized spacial score (nSPS) is 12.0. The number of nitrogens with zero attached hydrogens (tertiary/aromatic N) is 3. The molecule has 1 heterocycles. The van der Waals surface area contributed by atoms with Gasteiger partial charge >= 0.3 is 0 Å². The van der Waals surface area contributed by atoms with Crippen LogP contribution in [0.4, 0.5) is 5.69 Å². The number of thioether (sulfide) groups is 1. The summed E-state index contributed by atoms with van der Waals surface area (Å²) in [6, 6.07) is 16.0. The summed E-state index contributed by atoms with van der Waals surface area (Å²) in [7, 11) is 0. The number of para-hydroxylation sites is 1. The van der Waals surface area contributed by atoms with Crippen LogP contribution in [-0.2, 0) is 11.3 Å². The molecule has 0 saturated carbocycles. The van der Waals surface area contributed by atoms with Crippen LogP contribution in [0.15, 0.2) is 58.5 Å². The van der Waals surface area contributed by atoms with Crippen molar-refractivity contribution < 1.29 is 4.79 Å². The Morgan fingerprint density at radius 3 is 2.53 bits per heavy atom. The number of carbonyl (C=O) groups excluding carboxylic acids is 1. The number of amides is 1. The Bertz CT molecular complexity index is 1150. The number of nitriles is 1. The second-order valence-corrected chi connectivity index (χ2v) is 8.80. The lowest BCUT2D eigenvalue weighted by Gasteiger charge is -2.17. The molecule has 1 atom stereocenters. The highest BCUT2D eigenvalue weighted by Gasteiger charge is 2.20. The molecule has 0 aliphatic heterocycles. The predicted octanol–water partition coefficient (Wildman–Crippen LogP) is 4.43. The van der Waals surface area contributed by atoms with Crippen LogP contribution in [0.25, 0.3) is 10.9 Å². The molecule has 3 rings (SSSR count). The summed E-state index contributed by atoms with van der Waals surface area (Å²) in [5, 5.41) is 12.4. The molecular weight excluding hydrogens is 396 g/mol. The van der Waals surface area contributed by atoms with Crippen molar-refractivity contribution in [3.05, 3.63) is 64.4 Å². The Kier molecular flexibility index (Phi) is 6.91. The topological polar surface area (TPSA) is 87.8 Å². The summed E-state index contributed by atoms with van der Waals surface area (Å²) in [6.45, 7) is 6.57. The van der Waals surface area contributed by atoms with Gasteiger partial charge in [-0.3, -0.25) is 14.2 Å². The van der Waals surface area contributed by atoms with Crippen molar-refractivity contribution >= 4 is 34.3 Å². The lowest BCUT2D eigenvalue weighted by molar-refractivity contribution is -0.115. The van der Waals surface area contributed by atoms with Gasteiger partial charge in [-0.25, -0.2) is 4.98 Å². The Labute approximate surface area is 179 Å². The first-order valence-corrected chi connectivity index (χ1v) is 10.7. The quantitative estimate of drug-likeness (QED) is 0.451. The van der Waals surface area contributed by atoms with Gasteiger partial charge in [0.15, 0.2) is 5.16 Å². The molecule has 0 aliphatic carbocycles. The second-order valence-electron chi connectivity index (χ2n) is 7.49. The van der Waals surface area contributed by atoms with E-state index in [0.29, 0.717) is 39.8 Å². The van der Waals surface area contributed by atoms with Crippen LogP contribution in [-0.4, -0.2) is 20.7 Å². The smallest absolute Gasteiger partial charge is 0.262 e. The van der Waals surface area contributed by atoms with Crippen LogP contribution in [0.5, 0.6) is 0 Å². The van der Waals surface area contributed by atoms with Crippen LogP contribution in [0.1, 0.15) is 32.8 Å². The number of rotatable bonds is 7. The fourth-order valence-corrected chi connectivity index (χ4v) is 3.84. The molecule has 0 aliphatic rings. The summed E-state index contributed by atoms with van der Waals surface area (Å²) >= 11 is 1.27. The van der Waals surface area contributed by atoms with Gasteiger partial charge in [0.2, 0.25) is 5.91 Å². The lowest BCUT2D eigenvalue weighted by Crippen LogP contribution is -2.27. The zero-order valence-corrected chi connectivity index (χ0v) is 18.1. The number of hydrogen-bond donors (Lipinski definition) is 1. The molecule has 154 valence electrons. The van der Waals surface area contributed by atoms with E-state index in [0.717, 1.165) is 6.42 Å². The van der Waals surface area contributed by atoms with Crippen molar-refractivity contribution in [3.8, 4) is 6.07 Å². The third-order valence-corrected chi connectivity index (χ3v) is 5.78. The highest BCUT2D eigenvalue weighted by molar-refractivity contribution is 8.00. The Morgan fingerprint density at radius 1 is 1.17 bits per heavy atom. The molecule has 7 heteroatoms. The molecule has 0 radical (unpaired) electrons. The minimum atomic E-state index is -0.459. The maximum atomic E-state index is 13.0. The number of hydrogen-bond acceptors (Lipinski definition) is 5. The standard InChI is InChI=1S/C23H24N4O2S/c1-15(2)12-13-27-22(29)19-6-4-5-7-20(19)26-23(27)30-16(3)21(28)25-18-10-8-17(14-24)9-11-18/h4-11,15-16H,12-13H2,1-3H3,(H,25,28)/t16-/m0/s1. The van der Waals surface area contributed by atoms with Crippen molar-refractivity contribution in [2.45, 2.75) is 44.1 Å². The molecule has 0 fully saturated rings. The second kappa shape index (κ2) is 9.59. The van der Waals surface area contributed by atoms with Crippen molar-refractivity contribution in [2.75, 3.05) is 5.32 Å². The maximum absolute atomic E-state index is 13.0. The highest BCUT2D eigenvalue weighted by Crippen LogP contribution is 2.24. The van der Waals surface area contributed by atoms with Crippen LogP contribution < -0.4 is 10.9 Å². The van der Waals surface area contributed by atoms with Crippen LogP contribution in [0.3, 0.4) is 0 Å². The van der Waals surface area contributed by atoms with Crippen molar-refractivity contribution in [1.82, 2.24) is 9.55 Å². The predicted molar refractivity (Wildman–Crippen MR) is 121 cm³/mol. The number of nitrogens with one attached hydrogen (secondary N) is 1. The maximum Gasteiger partial charge on any atom is 0.262 e. The summed E-state index contributed by atoms with van der Waals surface area (Å²) in [4.78, 5) is 30.4. The SMILES string of the molecule is CC(C)CCn1c(S[C@@H](C)C(=O)Nc2ccc(C#N)cc2)nc2ccccc2c1=O. The molecule has 0 bridgehead atoms. The number of carbonyl (C=O) groups is 1. The first-order valence-electron chi connectivity index (χ1n) is 9.86. The van der Waals surface area contributed by atoms with Gasteiger partial charge < -0.3 is 5.32 Å². The average Bonchev–Trinajstić information content (AvgIpc) is 2.73. The molecule has 0 spiro atoms. The molecule has 2 aromatic carbocycles. The highest BCUT2D eigenvalue weighted by atomic mass is 32.2. The minimum absolute atomic E-state index is 0.0801. The summed E-state index contributed by atoms with van der Waals surface area (Å²) < 4.78 is 1.68. The van der Waals surface area contributed by atoms with Gasteiger partial charge in [0.05, 0.1) is 27.8 Å². The molecule has 6 nitrogen and oxygen atoms in total. The van der Waals surface area contributed by atoms with Crippen LogP contribution >= 0.6 is 11.8 Å². The Balaban J connectivity index is 1.85. The fraction of sp³-hybridized carbons (Fsp3) is 0.304. The molecule has 0 unspecified atom stereocenters. The number of anilines is 1. The largest absolute Gasteiger partial charge is 0.325 e. The van der Waals surface area contributed by atoms with E-state index in [2.05, 4.69) is 30.2 Å². The monoisotopic (exact) mass is 420 g/mol. The van der Waals surface area contributed by atoms with Gasteiger partial charge in [-0.2, -0.15) is 5.26 Å². The van der Waals surface area contributed by atoms with Crippen molar-refractivity contribution in [1.29, 1.82) is 5.26 Å². The molecular formula is C23H24N4O2S. The molecule has 1 amide bonds. The van der Waals surface area contributed by atoms with E-state index < -0.39 is 5.25 Å². The zero-order chi connectivity index (χ0) is 21.7. The Morgan fingerprint density at radius 2 is 1.87 bits per heavy atom. The van der Waals surface area contributed by atoms with Crippen LogP contribution in [0.2, 0.25) is 0 Å². The van der Waals surface area contributed by atoms with E-state index in [9.17, 15) is 9.59 Å². The minimum Gasteiger partial charge on any atom is -0.325 e. The van der Waals surface area contributed by atoms with E-state index in [1.54, 1.807) is 41.8 Å². The summed E-state index contributed by atoms with van der Waals surface area (Å²) in [6.07, 6.45) is 0.847. The van der Waals surface area contributed by atoms with Crippen LogP contribution in [0, 0.1) is 17.2 Å². The van der Waals surface area contributed by atoms with Gasteiger partial charge in [-0.05, 0) is 55.7 Å². The summed E-state index contributed by atoms with van der Waals surface area (Å²) in [5.41, 5.74) is 1.70. The number of aromatic nitrogens is 2. The van der Waals surface area contributed by atoms with E-state index in [-0.39, 0.29) is 11.5 Å². The van der Waals surface area contributed by atoms with Gasteiger partial charge in [0.25, 0.3) is 5.56 Å². The van der Waals surface area contributed by atoms with Gasteiger partial charge in [0.1, 0.15) is 0 Å². The molecule has 1 N–H and O–H groups in total. The molecule has 3 aromatic rings. The first kappa shape index (κ1) is 21.6.